The first kappa shape index (κ1) is 11.3. The van der Waals surface area contributed by atoms with Crippen molar-refractivity contribution in [3.05, 3.63) is 29.3 Å². The summed E-state index contributed by atoms with van der Waals surface area (Å²) in [5.74, 6) is 0.470. The largest absolute Gasteiger partial charge is 0.385 e. The number of carbonyl (C=O) groups is 2. The Morgan fingerprint density at radius 2 is 2.11 bits per heavy atom. The lowest BCUT2D eigenvalue weighted by Crippen LogP contribution is -2.39. The molecule has 1 aromatic rings. The fourth-order valence-corrected chi connectivity index (χ4v) is 2.22. The maximum Gasteiger partial charge on any atom is 0.260 e. The number of benzene rings is 1. The van der Waals surface area contributed by atoms with Gasteiger partial charge in [0.2, 0.25) is 5.91 Å². The molecule has 1 aromatic carbocycles. The van der Waals surface area contributed by atoms with Gasteiger partial charge in [-0.05, 0) is 42.5 Å². The topological polar surface area (TPSA) is 49.4 Å². The van der Waals surface area contributed by atoms with Crippen molar-refractivity contribution in [3.63, 3.8) is 0 Å². The van der Waals surface area contributed by atoms with Crippen molar-refractivity contribution in [2.75, 3.05) is 18.9 Å². The maximum absolute atomic E-state index is 11.9. The molecule has 4 nitrogen and oxygen atoms in total. The van der Waals surface area contributed by atoms with Crippen LogP contribution in [0.3, 0.4) is 0 Å². The molecule has 0 radical (unpaired) electrons. The van der Waals surface area contributed by atoms with Crippen molar-refractivity contribution >= 4 is 17.5 Å². The summed E-state index contributed by atoms with van der Waals surface area (Å²) < 4.78 is 0. The molecule has 0 bridgehead atoms. The predicted molar refractivity (Wildman–Crippen MR) is 68.5 cm³/mol. The Bertz CT molecular complexity index is 521. The summed E-state index contributed by atoms with van der Waals surface area (Å²) in [5, 5.41) is 3.36. The van der Waals surface area contributed by atoms with Crippen LogP contribution >= 0.6 is 0 Å². The molecule has 1 aliphatic heterocycles. The minimum atomic E-state index is -0.199. The summed E-state index contributed by atoms with van der Waals surface area (Å²) in [6.45, 7) is 0.987. The molecule has 1 saturated carbocycles. The molecule has 1 fully saturated rings. The zero-order chi connectivity index (χ0) is 12.7. The van der Waals surface area contributed by atoms with Crippen LogP contribution in [-0.2, 0) is 11.2 Å². The molecule has 1 heterocycles. The fraction of sp³-hybridized carbons (Fsp3) is 0.429. The Morgan fingerprint density at radius 3 is 2.83 bits per heavy atom. The highest BCUT2D eigenvalue weighted by Crippen LogP contribution is 2.29. The van der Waals surface area contributed by atoms with Crippen LogP contribution in [0.2, 0.25) is 0 Å². The number of nitrogens with zero attached hydrogens (tertiary/aromatic N) is 1. The van der Waals surface area contributed by atoms with E-state index in [1.54, 1.807) is 0 Å². The molecule has 0 atom stereocenters. The molecule has 4 heteroatoms. The van der Waals surface area contributed by atoms with E-state index in [-0.39, 0.29) is 11.8 Å². The third-order valence-corrected chi connectivity index (χ3v) is 3.65. The summed E-state index contributed by atoms with van der Waals surface area (Å²) in [6.07, 6.45) is 2.93. The standard InChI is InChI=1S/C14H16N2O2/c1-16-13(17)7-10-6-11(15-8-9-2-3-9)4-5-12(10)14(16)18/h4-6,9,15H,2-3,7-8H2,1H3. The number of imide groups is 1. The normalized spacial score (nSPS) is 18.8. The summed E-state index contributed by atoms with van der Waals surface area (Å²) in [5.41, 5.74) is 2.49. The number of fused-ring (bicyclic) bond motifs is 1. The number of carbonyl (C=O) groups excluding carboxylic acids is 2. The molecule has 18 heavy (non-hydrogen) atoms. The number of likely N-dealkylation sites (N-methyl/N-ethyl adjacent to an activating group) is 1. The van der Waals surface area contributed by atoms with Gasteiger partial charge in [-0.25, -0.2) is 0 Å². The molecule has 0 aromatic heterocycles. The second kappa shape index (κ2) is 4.12. The lowest BCUT2D eigenvalue weighted by molar-refractivity contribution is -0.127. The lowest BCUT2D eigenvalue weighted by Gasteiger charge is -2.23. The Morgan fingerprint density at radius 1 is 1.33 bits per heavy atom. The van der Waals surface area contributed by atoms with E-state index in [0.29, 0.717) is 12.0 Å². The molecule has 0 saturated heterocycles. The van der Waals surface area contributed by atoms with E-state index in [4.69, 9.17) is 0 Å². The van der Waals surface area contributed by atoms with Crippen molar-refractivity contribution in [2.45, 2.75) is 19.3 Å². The molecule has 0 unspecified atom stereocenters. The Labute approximate surface area is 106 Å². The van der Waals surface area contributed by atoms with Crippen LogP contribution in [0.1, 0.15) is 28.8 Å². The SMILES string of the molecule is CN1C(=O)Cc2cc(NCC3CC3)ccc2C1=O. The molecule has 2 amide bonds. The third kappa shape index (κ3) is 1.98. The quantitative estimate of drug-likeness (QED) is 0.823. The number of rotatable bonds is 3. The zero-order valence-electron chi connectivity index (χ0n) is 10.4. The van der Waals surface area contributed by atoms with Crippen molar-refractivity contribution in [2.24, 2.45) is 5.92 Å². The number of nitrogens with one attached hydrogen (secondary N) is 1. The van der Waals surface area contributed by atoms with E-state index in [9.17, 15) is 9.59 Å². The number of anilines is 1. The van der Waals surface area contributed by atoms with Gasteiger partial charge in [0.1, 0.15) is 0 Å². The van der Waals surface area contributed by atoms with E-state index in [2.05, 4.69) is 5.32 Å². The van der Waals surface area contributed by atoms with Gasteiger partial charge < -0.3 is 5.32 Å². The Kier molecular flexibility index (Phi) is 2.58. The van der Waals surface area contributed by atoms with Crippen molar-refractivity contribution in [1.29, 1.82) is 0 Å². The minimum absolute atomic E-state index is 0.133. The first-order valence-corrected chi connectivity index (χ1v) is 6.33. The smallest absolute Gasteiger partial charge is 0.260 e. The van der Waals surface area contributed by atoms with E-state index in [1.165, 1.54) is 24.8 Å². The van der Waals surface area contributed by atoms with Gasteiger partial charge in [0, 0.05) is 24.8 Å². The van der Waals surface area contributed by atoms with E-state index in [0.717, 1.165) is 23.7 Å². The highest BCUT2D eigenvalue weighted by molar-refractivity contribution is 6.09. The number of hydrogen-bond donors (Lipinski definition) is 1. The van der Waals surface area contributed by atoms with Gasteiger partial charge >= 0.3 is 0 Å². The van der Waals surface area contributed by atoms with Gasteiger partial charge in [-0.1, -0.05) is 0 Å². The predicted octanol–water partition coefficient (Wildman–Crippen LogP) is 1.66. The van der Waals surface area contributed by atoms with Crippen LogP contribution in [0, 0.1) is 5.92 Å². The number of hydrogen-bond acceptors (Lipinski definition) is 3. The molecular weight excluding hydrogens is 228 g/mol. The molecule has 94 valence electrons. The molecule has 1 N–H and O–H groups in total. The molecular formula is C14H16N2O2. The molecule has 1 aliphatic carbocycles. The molecule has 2 aliphatic rings. The summed E-state index contributed by atoms with van der Waals surface area (Å²) in [6, 6.07) is 5.67. The fourth-order valence-electron chi connectivity index (χ4n) is 2.22. The van der Waals surface area contributed by atoms with Gasteiger partial charge in [0.05, 0.1) is 6.42 Å². The van der Waals surface area contributed by atoms with Gasteiger partial charge in [-0.3, -0.25) is 14.5 Å². The highest BCUT2D eigenvalue weighted by Gasteiger charge is 2.28. The van der Waals surface area contributed by atoms with E-state index < -0.39 is 0 Å². The average molecular weight is 244 g/mol. The number of amides is 2. The van der Waals surface area contributed by atoms with Crippen molar-refractivity contribution < 1.29 is 9.59 Å². The van der Waals surface area contributed by atoms with E-state index >= 15 is 0 Å². The van der Waals surface area contributed by atoms with Crippen LogP contribution in [0.5, 0.6) is 0 Å². The zero-order valence-corrected chi connectivity index (χ0v) is 10.4. The Balaban J connectivity index is 1.83. The molecule has 3 rings (SSSR count). The monoisotopic (exact) mass is 244 g/mol. The van der Waals surface area contributed by atoms with E-state index in [1.807, 2.05) is 18.2 Å². The summed E-state index contributed by atoms with van der Waals surface area (Å²) in [7, 11) is 1.53. The average Bonchev–Trinajstić information content (AvgIpc) is 3.17. The summed E-state index contributed by atoms with van der Waals surface area (Å²) >= 11 is 0. The van der Waals surface area contributed by atoms with Gasteiger partial charge in [-0.2, -0.15) is 0 Å². The van der Waals surface area contributed by atoms with Gasteiger partial charge in [-0.15, -0.1) is 0 Å². The second-order valence-corrected chi connectivity index (χ2v) is 5.13. The Hall–Kier alpha value is -1.84. The van der Waals surface area contributed by atoms with Crippen LogP contribution in [-0.4, -0.2) is 30.3 Å². The maximum atomic E-state index is 11.9. The second-order valence-electron chi connectivity index (χ2n) is 5.13. The molecule has 0 spiro atoms. The minimum Gasteiger partial charge on any atom is -0.385 e. The van der Waals surface area contributed by atoms with Crippen LogP contribution in [0.15, 0.2) is 18.2 Å². The first-order chi connectivity index (χ1) is 8.65. The van der Waals surface area contributed by atoms with Gasteiger partial charge in [0.25, 0.3) is 5.91 Å². The van der Waals surface area contributed by atoms with Crippen LogP contribution in [0.4, 0.5) is 5.69 Å². The lowest BCUT2D eigenvalue weighted by atomic mass is 9.98. The summed E-state index contributed by atoms with van der Waals surface area (Å²) in [4.78, 5) is 24.7. The first-order valence-electron chi connectivity index (χ1n) is 6.33. The highest BCUT2D eigenvalue weighted by atomic mass is 16.2. The van der Waals surface area contributed by atoms with Crippen LogP contribution in [0.25, 0.3) is 0 Å². The van der Waals surface area contributed by atoms with Crippen molar-refractivity contribution in [3.8, 4) is 0 Å². The third-order valence-electron chi connectivity index (χ3n) is 3.65. The van der Waals surface area contributed by atoms with Crippen molar-refractivity contribution in [1.82, 2.24) is 4.90 Å². The van der Waals surface area contributed by atoms with Gasteiger partial charge in [0.15, 0.2) is 0 Å². The van der Waals surface area contributed by atoms with Crippen LogP contribution < -0.4 is 5.32 Å².